The maximum atomic E-state index is 12.8. The first-order valence-corrected chi connectivity index (χ1v) is 4.65. The number of alkyl halides is 1. The van der Waals surface area contributed by atoms with Gasteiger partial charge in [0.2, 0.25) is 0 Å². The van der Waals surface area contributed by atoms with E-state index in [1.54, 1.807) is 24.3 Å². The van der Waals surface area contributed by atoms with Crippen molar-refractivity contribution in [2.75, 3.05) is 0 Å². The number of aromatic carboxylic acids is 1. The number of aromatic nitrogens is 2. The molecule has 0 aliphatic carbocycles. The zero-order valence-electron chi connectivity index (χ0n) is 8.30. The molecular weight excluding hydrogens is 211 g/mol. The molecule has 2 aromatic rings. The zero-order valence-corrected chi connectivity index (χ0v) is 8.30. The summed E-state index contributed by atoms with van der Waals surface area (Å²) in [6.45, 7) is -0.865. The molecule has 16 heavy (non-hydrogen) atoms. The molecule has 0 spiro atoms. The van der Waals surface area contributed by atoms with Crippen LogP contribution in [0.25, 0.3) is 5.69 Å². The Balaban J connectivity index is 2.54. The van der Waals surface area contributed by atoms with Gasteiger partial charge in [-0.15, -0.1) is 0 Å². The summed E-state index contributed by atoms with van der Waals surface area (Å²) < 4.78 is 14.1. The molecule has 0 saturated carbocycles. The van der Waals surface area contributed by atoms with Gasteiger partial charge in [0, 0.05) is 0 Å². The molecule has 0 aliphatic heterocycles. The van der Waals surface area contributed by atoms with Crippen LogP contribution >= 0.6 is 0 Å². The number of hydrogen-bond donors (Lipinski definition) is 1. The molecule has 0 unspecified atom stereocenters. The van der Waals surface area contributed by atoms with Crippen LogP contribution in [0.3, 0.4) is 0 Å². The first-order chi connectivity index (χ1) is 7.74. The first kappa shape index (κ1) is 10.4. The second-order valence-electron chi connectivity index (χ2n) is 3.19. The Morgan fingerprint density at radius 2 is 2.06 bits per heavy atom. The summed E-state index contributed by atoms with van der Waals surface area (Å²) in [4.78, 5) is 10.8. The molecule has 0 aliphatic rings. The number of rotatable bonds is 3. The number of carbonyl (C=O) groups is 1. The minimum Gasteiger partial charge on any atom is -0.478 e. The predicted octanol–water partition coefficient (Wildman–Crippen LogP) is 2.04. The lowest BCUT2D eigenvalue weighted by Crippen LogP contribution is -2.04. The highest BCUT2D eigenvalue weighted by Gasteiger charge is 2.16. The lowest BCUT2D eigenvalue weighted by Gasteiger charge is -2.04. The van der Waals surface area contributed by atoms with Crippen LogP contribution in [0.5, 0.6) is 0 Å². The highest BCUT2D eigenvalue weighted by Crippen LogP contribution is 2.15. The summed E-state index contributed by atoms with van der Waals surface area (Å²) in [7, 11) is 0. The van der Waals surface area contributed by atoms with Crippen LogP contribution in [0.15, 0.2) is 36.5 Å². The van der Waals surface area contributed by atoms with Gasteiger partial charge in [-0.05, 0) is 12.1 Å². The van der Waals surface area contributed by atoms with E-state index in [2.05, 4.69) is 5.10 Å². The molecule has 0 radical (unpaired) electrons. The minimum atomic E-state index is -1.17. The van der Waals surface area contributed by atoms with E-state index in [1.807, 2.05) is 6.07 Å². The van der Waals surface area contributed by atoms with E-state index >= 15 is 0 Å². The number of nitrogens with zero attached hydrogens (tertiary/aromatic N) is 2. The Morgan fingerprint density at radius 1 is 1.38 bits per heavy atom. The SMILES string of the molecule is O=C(O)c1cnn(-c2ccccc2)c1CF. The van der Waals surface area contributed by atoms with E-state index in [9.17, 15) is 9.18 Å². The van der Waals surface area contributed by atoms with Crippen molar-refractivity contribution in [1.29, 1.82) is 0 Å². The fourth-order valence-corrected chi connectivity index (χ4v) is 1.47. The third-order valence-corrected chi connectivity index (χ3v) is 2.23. The topological polar surface area (TPSA) is 55.1 Å². The van der Waals surface area contributed by atoms with E-state index in [0.717, 1.165) is 6.20 Å². The number of para-hydroxylation sites is 1. The largest absolute Gasteiger partial charge is 0.478 e. The Hall–Kier alpha value is -2.17. The van der Waals surface area contributed by atoms with Crippen molar-refractivity contribution in [3.63, 3.8) is 0 Å². The number of carboxylic acids is 1. The van der Waals surface area contributed by atoms with Crippen molar-refractivity contribution in [2.24, 2.45) is 0 Å². The maximum absolute atomic E-state index is 12.8. The average Bonchev–Trinajstić information content (AvgIpc) is 2.73. The third-order valence-electron chi connectivity index (χ3n) is 2.23. The second-order valence-corrected chi connectivity index (χ2v) is 3.19. The van der Waals surface area contributed by atoms with Crippen molar-refractivity contribution in [3.8, 4) is 5.69 Å². The van der Waals surface area contributed by atoms with E-state index in [1.165, 1.54) is 4.68 Å². The Morgan fingerprint density at radius 3 is 2.62 bits per heavy atom. The molecule has 0 atom stereocenters. The van der Waals surface area contributed by atoms with Crippen molar-refractivity contribution in [2.45, 2.75) is 6.67 Å². The van der Waals surface area contributed by atoms with Gasteiger partial charge in [-0.1, -0.05) is 18.2 Å². The first-order valence-electron chi connectivity index (χ1n) is 4.65. The van der Waals surface area contributed by atoms with Gasteiger partial charge in [-0.3, -0.25) is 0 Å². The standard InChI is InChI=1S/C11H9FN2O2/c12-6-10-9(11(15)16)7-13-14(10)8-4-2-1-3-5-8/h1-5,7H,6H2,(H,15,16). The molecule has 82 valence electrons. The highest BCUT2D eigenvalue weighted by molar-refractivity contribution is 5.88. The summed E-state index contributed by atoms with van der Waals surface area (Å²) in [6.07, 6.45) is 1.16. The predicted molar refractivity (Wildman–Crippen MR) is 55.3 cm³/mol. The molecule has 5 heteroatoms. The normalized spacial score (nSPS) is 10.3. The molecule has 1 aromatic heterocycles. The maximum Gasteiger partial charge on any atom is 0.339 e. The van der Waals surface area contributed by atoms with Crippen molar-refractivity contribution >= 4 is 5.97 Å². The third kappa shape index (κ3) is 1.67. The number of benzene rings is 1. The van der Waals surface area contributed by atoms with Gasteiger partial charge >= 0.3 is 5.97 Å². The summed E-state index contributed by atoms with van der Waals surface area (Å²) in [5.41, 5.74) is 0.590. The van der Waals surface area contributed by atoms with Gasteiger partial charge in [0.25, 0.3) is 0 Å². The molecule has 0 fully saturated rings. The molecule has 0 saturated heterocycles. The van der Waals surface area contributed by atoms with Gasteiger partial charge in [-0.2, -0.15) is 5.10 Å². The lowest BCUT2D eigenvalue weighted by atomic mass is 10.2. The fraction of sp³-hybridized carbons (Fsp3) is 0.0909. The van der Waals surface area contributed by atoms with Crippen LogP contribution in [0.4, 0.5) is 4.39 Å². The molecule has 0 bridgehead atoms. The number of carboxylic acid groups (broad SMARTS) is 1. The fourth-order valence-electron chi connectivity index (χ4n) is 1.47. The van der Waals surface area contributed by atoms with Gasteiger partial charge in [0.15, 0.2) is 0 Å². The van der Waals surface area contributed by atoms with Gasteiger partial charge < -0.3 is 5.11 Å². The number of hydrogen-bond acceptors (Lipinski definition) is 2. The zero-order chi connectivity index (χ0) is 11.5. The van der Waals surface area contributed by atoms with Crippen molar-refractivity contribution in [3.05, 3.63) is 47.8 Å². The van der Waals surface area contributed by atoms with Crippen LogP contribution in [-0.4, -0.2) is 20.9 Å². The van der Waals surface area contributed by atoms with Crippen LogP contribution in [0, 0.1) is 0 Å². The quantitative estimate of drug-likeness (QED) is 0.861. The Kier molecular flexibility index (Phi) is 2.68. The lowest BCUT2D eigenvalue weighted by molar-refractivity contribution is 0.0694. The second kappa shape index (κ2) is 4.14. The van der Waals surface area contributed by atoms with E-state index in [0.29, 0.717) is 5.69 Å². The van der Waals surface area contributed by atoms with Gasteiger partial charge in [-0.25, -0.2) is 13.9 Å². The monoisotopic (exact) mass is 220 g/mol. The summed E-state index contributed by atoms with van der Waals surface area (Å²) in [5.74, 6) is -1.17. The van der Waals surface area contributed by atoms with E-state index in [4.69, 9.17) is 5.11 Å². The molecule has 1 heterocycles. The van der Waals surface area contributed by atoms with Crippen LogP contribution in [-0.2, 0) is 6.67 Å². The Bertz CT molecular complexity index is 508. The molecule has 2 rings (SSSR count). The molecule has 0 amide bonds. The van der Waals surface area contributed by atoms with E-state index in [-0.39, 0.29) is 11.3 Å². The summed E-state index contributed by atoms with van der Waals surface area (Å²) in [5, 5.41) is 12.7. The minimum absolute atomic E-state index is 0.0544. The number of halogens is 1. The highest BCUT2D eigenvalue weighted by atomic mass is 19.1. The van der Waals surface area contributed by atoms with E-state index < -0.39 is 12.6 Å². The summed E-state index contributed by atoms with van der Waals surface area (Å²) in [6, 6.07) is 8.84. The summed E-state index contributed by atoms with van der Waals surface area (Å²) >= 11 is 0. The van der Waals surface area contributed by atoms with Crippen LogP contribution in [0.2, 0.25) is 0 Å². The Labute approximate surface area is 90.9 Å². The smallest absolute Gasteiger partial charge is 0.339 e. The molecule has 4 nitrogen and oxygen atoms in total. The van der Waals surface area contributed by atoms with Crippen LogP contribution < -0.4 is 0 Å². The molecular formula is C11H9FN2O2. The average molecular weight is 220 g/mol. The van der Waals surface area contributed by atoms with Gasteiger partial charge in [0.05, 0.1) is 17.6 Å². The molecule has 1 aromatic carbocycles. The van der Waals surface area contributed by atoms with Crippen molar-refractivity contribution < 1.29 is 14.3 Å². The van der Waals surface area contributed by atoms with Gasteiger partial charge in [0.1, 0.15) is 12.2 Å². The molecule has 1 N–H and O–H groups in total. The van der Waals surface area contributed by atoms with Crippen LogP contribution in [0.1, 0.15) is 16.1 Å². The van der Waals surface area contributed by atoms with Crippen molar-refractivity contribution in [1.82, 2.24) is 9.78 Å².